The van der Waals surface area contributed by atoms with Crippen molar-refractivity contribution in [2.75, 3.05) is 13.7 Å². The Hall–Kier alpha value is -0.780. The Balaban J connectivity index is 2.50. The van der Waals surface area contributed by atoms with Gasteiger partial charge in [-0.05, 0) is 32.6 Å². The van der Waals surface area contributed by atoms with Crippen LogP contribution in [-0.4, -0.2) is 41.8 Å². The zero-order valence-electron chi connectivity index (χ0n) is 10.7. The second-order valence-corrected chi connectivity index (χ2v) is 5.07. The predicted molar refractivity (Wildman–Crippen MR) is 60.8 cm³/mol. The number of hydrogen-bond donors (Lipinski definition) is 1. The Kier molecular flexibility index (Phi) is 5.01. The van der Waals surface area contributed by atoms with E-state index in [0.29, 0.717) is 0 Å². The number of aliphatic hydroxyl groups excluding tert-OH is 1. The molecule has 1 aliphatic rings. The molecule has 1 aliphatic carbocycles. The predicted octanol–water partition coefficient (Wildman–Crippen LogP) is 2.19. The monoisotopic (exact) mass is 267 g/mol. The van der Waals surface area contributed by atoms with Crippen molar-refractivity contribution in [1.82, 2.24) is 4.90 Å². The van der Waals surface area contributed by atoms with Crippen molar-refractivity contribution in [3.8, 4) is 0 Å². The number of nitrogens with zero attached hydrogens (tertiary/aromatic N) is 1. The first-order valence-electron chi connectivity index (χ1n) is 6.21. The average Bonchev–Trinajstić information content (AvgIpc) is 2.35. The van der Waals surface area contributed by atoms with Crippen LogP contribution in [0.15, 0.2) is 0 Å². The van der Waals surface area contributed by atoms with Gasteiger partial charge in [0, 0.05) is 13.0 Å². The smallest absolute Gasteiger partial charge is 0.391 e. The summed E-state index contributed by atoms with van der Waals surface area (Å²) < 4.78 is 37.4. The number of hydrogen-bond acceptors (Lipinski definition) is 2. The Morgan fingerprint density at radius 1 is 1.33 bits per heavy atom. The fraction of sp³-hybridized carbons (Fsp3) is 0.917. The molecule has 1 saturated carbocycles. The maximum atomic E-state index is 12.5. The molecule has 1 fully saturated rings. The van der Waals surface area contributed by atoms with E-state index in [1.807, 2.05) is 0 Å². The minimum atomic E-state index is -4.14. The first-order chi connectivity index (χ1) is 8.27. The van der Waals surface area contributed by atoms with Crippen molar-refractivity contribution in [3.05, 3.63) is 0 Å². The molecule has 1 N–H and O–H groups in total. The summed E-state index contributed by atoms with van der Waals surface area (Å²) in [6.07, 6.45) is -3.52. The van der Waals surface area contributed by atoms with E-state index in [0.717, 1.165) is 0 Å². The van der Waals surface area contributed by atoms with Crippen LogP contribution in [-0.2, 0) is 4.79 Å². The summed E-state index contributed by atoms with van der Waals surface area (Å²) in [4.78, 5) is 13.4. The molecular formula is C12H20F3NO2. The quantitative estimate of drug-likeness (QED) is 0.851. The Morgan fingerprint density at radius 2 is 1.83 bits per heavy atom. The van der Waals surface area contributed by atoms with Gasteiger partial charge in [0.15, 0.2) is 0 Å². The number of carbonyl (C=O) groups excluding carboxylic acids is 1. The van der Waals surface area contributed by atoms with Crippen molar-refractivity contribution in [2.45, 2.75) is 44.8 Å². The number of aliphatic hydroxyl groups is 1. The lowest BCUT2D eigenvalue weighted by atomic mass is 9.81. The minimum absolute atomic E-state index is 0.0290. The van der Waals surface area contributed by atoms with Gasteiger partial charge in [0.25, 0.3) is 0 Å². The zero-order valence-corrected chi connectivity index (χ0v) is 10.7. The summed E-state index contributed by atoms with van der Waals surface area (Å²) in [5.74, 6) is -1.75. The van der Waals surface area contributed by atoms with Crippen LogP contribution in [0.5, 0.6) is 0 Å². The van der Waals surface area contributed by atoms with Crippen molar-refractivity contribution in [2.24, 2.45) is 11.8 Å². The van der Waals surface area contributed by atoms with Gasteiger partial charge in [-0.1, -0.05) is 0 Å². The molecule has 0 spiro atoms. The molecule has 0 aromatic heterocycles. The highest BCUT2D eigenvalue weighted by molar-refractivity contribution is 5.78. The molecule has 106 valence electrons. The molecular weight excluding hydrogens is 247 g/mol. The number of alkyl halides is 3. The van der Waals surface area contributed by atoms with E-state index >= 15 is 0 Å². The molecule has 0 radical (unpaired) electrons. The van der Waals surface area contributed by atoms with E-state index in [-0.39, 0.29) is 50.2 Å². The maximum absolute atomic E-state index is 12.5. The first kappa shape index (κ1) is 15.3. The van der Waals surface area contributed by atoms with E-state index in [1.165, 1.54) is 4.90 Å². The molecule has 0 aromatic rings. The van der Waals surface area contributed by atoms with Gasteiger partial charge in [0.05, 0.1) is 18.6 Å². The zero-order chi connectivity index (χ0) is 13.9. The molecule has 0 aromatic carbocycles. The number of halogens is 3. The van der Waals surface area contributed by atoms with E-state index in [1.54, 1.807) is 14.0 Å². The van der Waals surface area contributed by atoms with Crippen LogP contribution in [0.3, 0.4) is 0 Å². The SMILES string of the molecule is CC(CO)N(C)C(=O)C1CCC(C(F)(F)F)CC1. The lowest BCUT2D eigenvalue weighted by Crippen LogP contribution is -2.42. The topological polar surface area (TPSA) is 40.5 Å². The van der Waals surface area contributed by atoms with E-state index in [2.05, 4.69) is 0 Å². The van der Waals surface area contributed by atoms with Crippen LogP contribution < -0.4 is 0 Å². The molecule has 1 amide bonds. The fourth-order valence-electron chi connectivity index (χ4n) is 2.30. The maximum Gasteiger partial charge on any atom is 0.391 e. The van der Waals surface area contributed by atoms with Crippen LogP contribution in [0.25, 0.3) is 0 Å². The normalized spacial score (nSPS) is 26.8. The Morgan fingerprint density at radius 3 is 2.22 bits per heavy atom. The van der Waals surface area contributed by atoms with Gasteiger partial charge in [-0.2, -0.15) is 13.2 Å². The summed E-state index contributed by atoms with van der Waals surface area (Å²) in [5, 5.41) is 8.96. The van der Waals surface area contributed by atoms with Crippen molar-refractivity contribution in [1.29, 1.82) is 0 Å². The summed E-state index contributed by atoms with van der Waals surface area (Å²) in [5.41, 5.74) is 0. The molecule has 0 heterocycles. The van der Waals surface area contributed by atoms with Gasteiger partial charge in [-0.3, -0.25) is 4.79 Å². The van der Waals surface area contributed by atoms with Gasteiger partial charge in [0.2, 0.25) is 5.91 Å². The molecule has 1 rings (SSSR count). The largest absolute Gasteiger partial charge is 0.394 e. The minimum Gasteiger partial charge on any atom is -0.394 e. The molecule has 6 heteroatoms. The molecule has 0 bridgehead atoms. The first-order valence-corrected chi connectivity index (χ1v) is 6.21. The van der Waals surface area contributed by atoms with Gasteiger partial charge < -0.3 is 10.0 Å². The second-order valence-electron chi connectivity index (χ2n) is 5.07. The van der Waals surface area contributed by atoms with Crippen molar-refractivity contribution in [3.63, 3.8) is 0 Å². The van der Waals surface area contributed by atoms with E-state index in [4.69, 9.17) is 5.11 Å². The lowest BCUT2D eigenvalue weighted by molar-refractivity contribution is -0.185. The van der Waals surface area contributed by atoms with Gasteiger partial charge in [-0.15, -0.1) is 0 Å². The van der Waals surface area contributed by atoms with Gasteiger partial charge in [0.1, 0.15) is 0 Å². The average molecular weight is 267 g/mol. The molecule has 3 nitrogen and oxygen atoms in total. The van der Waals surface area contributed by atoms with Crippen LogP contribution in [0, 0.1) is 11.8 Å². The van der Waals surface area contributed by atoms with Crippen LogP contribution in [0.1, 0.15) is 32.6 Å². The van der Waals surface area contributed by atoms with Crippen LogP contribution >= 0.6 is 0 Å². The third-order valence-electron chi connectivity index (χ3n) is 3.81. The van der Waals surface area contributed by atoms with Gasteiger partial charge >= 0.3 is 6.18 Å². The highest BCUT2D eigenvalue weighted by Crippen LogP contribution is 2.39. The fourth-order valence-corrected chi connectivity index (χ4v) is 2.30. The number of rotatable bonds is 3. The lowest BCUT2D eigenvalue weighted by Gasteiger charge is -2.33. The molecule has 1 atom stereocenters. The third kappa shape index (κ3) is 3.60. The van der Waals surface area contributed by atoms with Crippen LogP contribution in [0.2, 0.25) is 0 Å². The number of carbonyl (C=O) groups is 1. The summed E-state index contributed by atoms with van der Waals surface area (Å²) in [6.45, 7) is 1.57. The molecule has 0 saturated heterocycles. The Bertz CT molecular complexity index is 286. The standard InChI is InChI=1S/C12H20F3NO2/c1-8(7-17)16(2)11(18)9-3-5-10(6-4-9)12(13,14)15/h8-10,17H,3-7H2,1-2H3. The summed E-state index contributed by atoms with van der Waals surface area (Å²) in [7, 11) is 1.58. The molecule has 18 heavy (non-hydrogen) atoms. The third-order valence-corrected chi connectivity index (χ3v) is 3.81. The summed E-state index contributed by atoms with van der Waals surface area (Å²) in [6, 6.07) is -0.294. The molecule has 0 aliphatic heterocycles. The van der Waals surface area contributed by atoms with E-state index < -0.39 is 12.1 Å². The van der Waals surface area contributed by atoms with E-state index in [9.17, 15) is 18.0 Å². The highest BCUT2D eigenvalue weighted by atomic mass is 19.4. The van der Waals surface area contributed by atoms with Gasteiger partial charge in [-0.25, -0.2) is 0 Å². The number of amides is 1. The second kappa shape index (κ2) is 5.91. The van der Waals surface area contributed by atoms with Crippen LogP contribution in [0.4, 0.5) is 13.2 Å². The highest BCUT2D eigenvalue weighted by Gasteiger charge is 2.42. The Labute approximate surface area is 105 Å². The molecule has 1 unspecified atom stereocenters. The summed E-state index contributed by atoms with van der Waals surface area (Å²) >= 11 is 0. The number of likely N-dealkylation sites (N-methyl/N-ethyl adjacent to an activating group) is 1. The van der Waals surface area contributed by atoms with Crippen molar-refractivity contribution < 1.29 is 23.1 Å². The van der Waals surface area contributed by atoms with Crippen molar-refractivity contribution >= 4 is 5.91 Å².